The lowest BCUT2D eigenvalue weighted by atomic mass is 9.99. The number of aromatic nitrogens is 1. The third kappa shape index (κ3) is 6.46. The summed E-state index contributed by atoms with van der Waals surface area (Å²) in [5.41, 5.74) is 9.52. The van der Waals surface area contributed by atoms with Gasteiger partial charge in [-0.1, -0.05) is 48.6 Å². The van der Waals surface area contributed by atoms with Gasteiger partial charge >= 0.3 is 6.03 Å². The molecule has 0 spiro atoms. The first-order valence-corrected chi connectivity index (χ1v) is 16.9. The number of nitrogens with two attached hydrogens (primary N) is 1. The second kappa shape index (κ2) is 13.3. The number of para-hydroxylation sites is 1. The second-order valence-electron chi connectivity index (χ2n) is 12.2. The molecule has 13 nitrogen and oxygen atoms in total. The number of hydrogen-bond acceptors (Lipinski definition) is 9. The fourth-order valence-corrected chi connectivity index (χ4v) is 7.44. The first kappa shape index (κ1) is 32.3. The van der Waals surface area contributed by atoms with Crippen molar-refractivity contribution in [2.45, 2.75) is 45.1 Å². The summed E-state index contributed by atoms with van der Waals surface area (Å²) in [5.74, 6) is -0.640. The van der Waals surface area contributed by atoms with Gasteiger partial charge in [-0.25, -0.2) is 14.2 Å². The zero-order chi connectivity index (χ0) is 34.2. The molecule has 0 saturated carbocycles. The van der Waals surface area contributed by atoms with Crippen molar-refractivity contribution in [1.82, 2.24) is 30.1 Å². The molecule has 4 heterocycles. The van der Waals surface area contributed by atoms with Gasteiger partial charge in [-0.3, -0.25) is 19.4 Å². The molecule has 4 aromatic rings. The summed E-state index contributed by atoms with van der Waals surface area (Å²) in [6.45, 7) is 2.63. The Balaban J connectivity index is 1.20. The number of nitrogens with zero attached hydrogens (tertiary/aromatic N) is 5. The number of carbonyl (C=O) groups is 4. The number of ether oxygens (including phenoxy) is 1. The molecular formula is C34H35FN8O5S. The summed E-state index contributed by atoms with van der Waals surface area (Å²) in [7, 11) is 0. The lowest BCUT2D eigenvalue weighted by Crippen LogP contribution is -2.66. The number of carbonyl (C=O) groups excluding carboxylic acids is 4. The van der Waals surface area contributed by atoms with E-state index in [1.807, 2.05) is 31.2 Å². The van der Waals surface area contributed by atoms with Gasteiger partial charge in [-0.05, 0) is 53.4 Å². The third-order valence-corrected chi connectivity index (χ3v) is 9.74. The first-order valence-electron chi connectivity index (χ1n) is 16.0. The van der Waals surface area contributed by atoms with Gasteiger partial charge < -0.3 is 30.9 Å². The highest BCUT2D eigenvalue weighted by Crippen LogP contribution is 2.34. The molecule has 2 atom stereocenters. The molecule has 3 aliphatic rings. The van der Waals surface area contributed by atoms with Gasteiger partial charge in [0.15, 0.2) is 11.7 Å². The molecule has 49 heavy (non-hydrogen) atoms. The van der Waals surface area contributed by atoms with Crippen LogP contribution in [0.1, 0.15) is 30.0 Å². The average molecular weight is 687 g/mol. The van der Waals surface area contributed by atoms with Gasteiger partial charge in [0, 0.05) is 26.1 Å². The highest BCUT2D eigenvalue weighted by Gasteiger charge is 2.52. The van der Waals surface area contributed by atoms with Crippen molar-refractivity contribution in [2.24, 2.45) is 0 Å². The number of piperazine rings is 1. The van der Waals surface area contributed by atoms with Crippen molar-refractivity contribution < 1.29 is 28.3 Å². The number of nitrogens with one attached hydrogen (secondary N) is 2. The molecule has 0 unspecified atom stereocenters. The van der Waals surface area contributed by atoms with Crippen molar-refractivity contribution in [3.05, 3.63) is 83.2 Å². The van der Waals surface area contributed by atoms with Gasteiger partial charge in [0.1, 0.15) is 23.8 Å². The molecular weight excluding hydrogens is 651 g/mol. The molecule has 2 fully saturated rings. The number of hydrogen-bond donors (Lipinski definition) is 3. The fraction of sp³-hybridized carbons (Fsp3) is 0.324. The predicted octanol–water partition coefficient (Wildman–Crippen LogP) is 3.31. The van der Waals surface area contributed by atoms with Crippen molar-refractivity contribution in [3.8, 4) is 5.75 Å². The summed E-state index contributed by atoms with van der Waals surface area (Å²) in [4.78, 5) is 61.7. The number of anilines is 2. The monoisotopic (exact) mass is 686 g/mol. The van der Waals surface area contributed by atoms with Crippen LogP contribution in [0.2, 0.25) is 0 Å². The summed E-state index contributed by atoms with van der Waals surface area (Å²) >= 11 is 1.37. The van der Waals surface area contributed by atoms with Gasteiger partial charge in [0.05, 0.1) is 29.0 Å². The molecule has 5 amide bonds. The van der Waals surface area contributed by atoms with Crippen molar-refractivity contribution >= 4 is 56.1 Å². The van der Waals surface area contributed by atoms with E-state index < -0.39 is 18.2 Å². The van der Waals surface area contributed by atoms with Crippen LogP contribution in [0.15, 0.2) is 60.7 Å². The van der Waals surface area contributed by atoms with Crippen LogP contribution < -0.4 is 21.1 Å². The molecule has 4 N–H and O–H groups in total. The Bertz CT molecular complexity index is 1940. The molecule has 15 heteroatoms. The largest absolute Gasteiger partial charge is 0.482 e. The minimum atomic E-state index is -0.889. The lowest BCUT2D eigenvalue weighted by Gasteiger charge is -2.46. The van der Waals surface area contributed by atoms with Crippen LogP contribution in [0.5, 0.6) is 5.75 Å². The summed E-state index contributed by atoms with van der Waals surface area (Å²) in [6, 6.07) is 15.6. The Morgan fingerprint density at radius 2 is 1.94 bits per heavy atom. The van der Waals surface area contributed by atoms with E-state index >= 15 is 0 Å². The van der Waals surface area contributed by atoms with Crippen LogP contribution in [0, 0.1) is 5.82 Å². The SMILES string of the molecule is CCCN(C(=O)NCc1ccc(F)cc1)N1CC(=O)N2[C@@H](Cc3ccc4c(c3)NC(=O)CO4)C(=O)N(Cc3cccc4sc(N)nc34)C[C@@H]21. The van der Waals surface area contributed by atoms with E-state index in [0.29, 0.717) is 35.1 Å². The summed E-state index contributed by atoms with van der Waals surface area (Å²) < 4.78 is 19.9. The molecule has 3 aromatic carbocycles. The van der Waals surface area contributed by atoms with Gasteiger partial charge in [0.2, 0.25) is 11.8 Å². The van der Waals surface area contributed by atoms with E-state index in [2.05, 4.69) is 15.6 Å². The Morgan fingerprint density at radius 1 is 1.14 bits per heavy atom. The van der Waals surface area contributed by atoms with Crippen LogP contribution in [0.25, 0.3) is 10.2 Å². The number of nitrogen functional groups attached to an aromatic ring is 1. The van der Waals surface area contributed by atoms with Crippen LogP contribution in [-0.2, 0) is 33.9 Å². The van der Waals surface area contributed by atoms with Crippen molar-refractivity contribution in [1.29, 1.82) is 0 Å². The Kier molecular flexibility index (Phi) is 8.77. The van der Waals surface area contributed by atoms with E-state index in [4.69, 9.17) is 10.5 Å². The Morgan fingerprint density at radius 3 is 2.73 bits per heavy atom. The van der Waals surface area contributed by atoms with Crippen LogP contribution >= 0.6 is 11.3 Å². The van der Waals surface area contributed by atoms with Gasteiger partial charge in [0.25, 0.3) is 5.91 Å². The fourth-order valence-electron chi connectivity index (χ4n) is 6.66. The van der Waals surface area contributed by atoms with Crippen molar-refractivity contribution in [3.63, 3.8) is 0 Å². The number of hydrazine groups is 1. The molecule has 0 aliphatic carbocycles. The number of fused-ring (bicyclic) bond motifs is 3. The molecule has 0 radical (unpaired) electrons. The standard InChI is InChI=1S/C34H35FN8O5S/c1-2-12-41(34(47)37-15-20-6-9-23(35)10-7-20)42-18-30(45)43-25(14-21-8-11-26-24(13-21)38-28(44)19-48-26)32(46)40(17-29(42)43)16-22-4-3-5-27-31(22)39-33(36)49-27/h3-11,13,25,29H,2,12,14-19H2,1H3,(H2,36,39)(H,37,47)(H,38,44)/t25-,29+/m0/s1. The van der Waals surface area contributed by atoms with Crippen LogP contribution in [0.3, 0.4) is 0 Å². The maximum absolute atomic E-state index is 14.4. The number of amides is 5. The van der Waals surface area contributed by atoms with Crippen LogP contribution in [0.4, 0.5) is 20.0 Å². The highest BCUT2D eigenvalue weighted by atomic mass is 32.1. The van der Waals surface area contributed by atoms with Gasteiger partial charge in [-0.15, -0.1) is 0 Å². The number of halogens is 1. The Hall–Kier alpha value is -5.28. The maximum Gasteiger partial charge on any atom is 0.332 e. The molecule has 3 aliphatic heterocycles. The van der Waals surface area contributed by atoms with Crippen LogP contribution in [-0.4, -0.2) is 87.0 Å². The molecule has 2 saturated heterocycles. The topological polar surface area (TPSA) is 153 Å². The predicted molar refractivity (Wildman–Crippen MR) is 180 cm³/mol. The smallest absolute Gasteiger partial charge is 0.332 e. The lowest BCUT2D eigenvalue weighted by molar-refractivity contribution is -0.157. The number of benzene rings is 3. The van der Waals surface area contributed by atoms with E-state index in [9.17, 15) is 23.6 Å². The quantitative estimate of drug-likeness (QED) is 0.243. The Labute approximate surface area is 285 Å². The summed E-state index contributed by atoms with van der Waals surface area (Å²) in [5, 5.41) is 9.40. The minimum absolute atomic E-state index is 0.0780. The minimum Gasteiger partial charge on any atom is -0.482 e. The average Bonchev–Trinajstić information content (AvgIpc) is 3.63. The molecule has 7 rings (SSSR count). The van der Waals surface area contributed by atoms with E-state index in [1.165, 1.54) is 28.5 Å². The number of thiazole rings is 1. The molecule has 254 valence electrons. The molecule has 0 bridgehead atoms. The highest BCUT2D eigenvalue weighted by molar-refractivity contribution is 7.22. The zero-order valence-corrected chi connectivity index (χ0v) is 27.5. The third-order valence-electron chi connectivity index (χ3n) is 8.89. The normalized spacial score (nSPS) is 19.0. The second-order valence-corrected chi connectivity index (χ2v) is 13.3. The summed E-state index contributed by atoms with van der Waals surface area (Å²) in [6.07, 6.45) is 0.148. The zero-order valence-electron chi connectivity index (χ0n) is 26.7. The van der Waals surface area contributed by atoms with Gasteiger partial charge in [-0.2, -0.15) is 5.01 Å². The first-order chi connectivity index (χ1) is 23.7. The number of rotatable bonds is 9. The maximum atomic E-state index is 14.4. The number of urea groups is 1. The van der Waals surface area contributed by atoms with E-state index in [-0.39, 0.29) is 62.7 Å². The van der Waals surface area contributed by atoms with Crippen molar-refractivity contribution in [2.75, 3.05) is 37.3 Å². The van der Waals surface area contributed by atoms with E-state index in [1.54, 1.807) is 39.1 Å². The van der Waals surface area contributed by atoms with E-state index in [0.717, 1.165) is 21.4 Å². The molecule has 1 aromatic heterocycles.